The van der Waals surface area contributed by atoms with Crippen molar-refractivity contribution in [3.05, 3.63) is 23.9 Å². The molecule has 0 fully saturated rings. The van der Waals surface area contributed by atoms with Gasteiger partial charge in [-0.3, -0.25) is 9.20 Å². The van der Waals surface area contributed by atoms with Crippen LogP contribution in [0.4, 0.5) is 5.82 Å². The highest BCUT2D eigenvalue weighted by Crippen LogP contribution is 2.19. The molecule has 2 aromatic rings. The zero-order valence-electron chi connectivity index (χ0n) is 12.8. The van der Waals surface area contributed by atoms with Crippen molar-refractivity contribution in [2.24, 2.45) is 0 Å². The average Bonchev–Trinajstić information content (AvgIpc) is 2.90. The van der Waals surface area contributed by atoms with E-state index in [0.717, 1.165) is 0 Å². The number of nitrogens with zero attached hydrogens (tertiary/aromatic N) is 4. The molecule has 0 radical (unpaired) electrons. The van der Waals surface area contributed by atoms with E-state index in [9.17, 15) is 14.7 Å². The first-order chi connectivity index (χ1) is 11.0. The smallest absolute Gasteiger partial charge is 0.356 e. The number of aliphatic hydroxyl groups is 1. The first kappa shape index (κ1) is 16.7. The SMILES string of the molecule is CCN(CCO)C(=O)CCc1nc(C(=O)O)c2c(N)nccn12. The van der Waals surface area contributed by atoms with Crippen LogP contribution in [0.3, 0.4) is 0 Å². The molecule has 0 aliphatic rings. The first-order valence-corrected chi connectivity index (χ1v) is 7.22. The summed E-state index contributed by atoms with van der Waals surface area (Å²) in [7, 11) is 0. The van der Waals surface area contributed by atoms with E-state index >= 15 is 0 Å². The maximum absolute atomic E-state index is 12.1. The van der Waals surface area contributed by atoms with Crippen molar-refractivity contribution in [3.63, 3.8) is 0 Å². The molecule has 9 nitrogen and oxygen atoms in total. The van der Waals surface area contributed by atoms with Gasteiger partial charge in [0.05, 0.1) is 6.61 Å². The lowest BCUT2D eigenvalue weighted by Gasteiger charge is -2.19. The van der Waals surface area contributed by atoms with Crippen molar-refractivity contribution in [2.75, 3.05) is 25.4 Å². The second kappa shape index (κ2) is 7.05. The van der Waals surface area contributed by atoms with Crippen molar-refractivity contribution < 1.29 is 19.8 Å². The minimum Gasteiger partial charge on any atom is -0.476 e. The van der Waals surface area contributed by atoms with Crippen LogP contribution < -0.4 is 5.73 Å². The lowest BCUT2D eigenvalue weighted by atomic mass is 10.2. The largest absolute Gasteiger partial charge is 0.476 e. The molecule has 2 rings (SSSR count). The van der Waals surface area contributed by atoms with E-state index < -0.39 is 5.97 Å². The Morgan fingerprint density at radius 1 is 1.43 bits per heavy atom. The van der Waals surface area contributed by atoms with Gasteiger partial charge in [-0.15, -0.1) is 0 Å². The third-order valence-electron chi connectivity index (χ3n) is 3.53. The van der Waals surface area contributed by atoms with Gasteiger partial charge in [0.15, 0.2) is 5.69 Å². The molecule has 0 saturated heterocycles. The van der Waals surface area contributed by atoms with Crippen LogP contribution in [0, 0.1) is 0 Å². The van der Waals surface area contributed by atoms with Crippen molar-refractivity contribution in [1.82, 2.24) is 19.3 Å². The Morgan fingerprint density at radius 3 is 2.78 bits per heavy atom. The number of rotatable bonds is 7. The fourth-order valence-corrected chi connectivity index (χ4v) is 2.41. The number of carboxylic acids is 1. The van der Waals surface area contributed by atoms with Crippen molar-refractivity contribution in [2.45, 2.75) is 19.8 Å². The van der Waals surface area contributed by atoms with Gasteiger partial charge in [-0.05, 0) is 6.92 Å². The summed E-state index contributed by atoms with van der Waals surface area (Å²) in [6.07, 6.45) is 3.44. The number of aromatic carboxylic acids is 1. The number of carbonyl (C=O) groups excluding carboxylic acids is 1. The van der Waals surface area contributed by atoms with Gasteiger partial charge in [-0.1, -0.05) is 0 Å². The summed E-state index contributed by atoms with van der Waals surface area (Å²) >= 11 is 0. The summed E-state index contributed by atoms with van der Waals surface area (Å²) in [5.74, 6) is -0.821. The monoisotopic (exact) mass is 321 g/mol. The fourth-order valence-electron chi connectivity index (χ4n) is 2.41. The summed E-state index contributed by atoms with van der Waals surface area (Å²) < 4.78 is 1.54. The lowest BCUT2D eigenvalue weighted by molar-refractivity contribution is -0.131. The Kier molecular flexibility index (Phi) is 5.12. The van der Waals surface area contributed by atoms with Crippen molar-refractivity contribution >= 4 is 23.2 Å². The molecule has 23 heavy (non-hydrogen) atoms. The van der Waals surface area contributed by atoms with Crippen LogP contribution >= 0.6 is 0 Å². The Bertz CT molecular complexity index is 727. The minimum absolute atomic E-state index is 0.0745. The van der Waals surface area contributed by atoms with Crippen molar-refractivity contribution in [3.8, 4) is 0 Å². The molecule has 0 aromatic carbocycles. The quantitative estimate of drug-likeness (QED) is 0.642. The number of aryl methyl sites for hydroxylation is 1. The molecule has 0 aliphatic carbocycles. The highest BCUT2D eigenvalue weighted by atomic mass is 16.4. The summed E-state index contributed by atoms with van der Waals surface area (Å²) in [4.78, 5) is 32.9. The van der Waals surface area contributed by atoms with Gasteiger partial charge < -0.3 is 20.8 Å². The Balaban J connectivity index is 2.26. The summed E-state index contributed by atoms with van der Waals surface area (Å²) in [6.45, 7) is 2.50. The van der Waals surface area contributed by atoms with E-state index in [1.54, 1.807) is 10.6 Å². The number of hydrogen-bond donors (Lipinski definition) is 3. The highest BCUT2D eigenvalue weighted by molar-refractivity contribution is 5.96. The van der Waals surface area contributed by atoms with Crippen LogP contribution in [-0.4, -0.2) is 61.1 Å². The van der Waals surface area contributed by atoms with Gasteiger partial charge >= 0.3 is 5.97 Å². The van der Waals surface area contributed by atoms with E-state index in [1.807, 2.05) is 6.92 Å². The number of aliphatic hydroxyl groups excluding tert-OH is 1. The van der Waals surface area contributed by atoms with Crippen LogP contribution in [0.25, 0.3) is 5.52 Å². The van der Waals surface area contributed by atoms with E-state index in [2.05, 4.69) is 9.97 Å². The van der Waals surface area contributed by atoms with Gasteiger partial charge in [-0.25, -0.2) is 14.8 Å². The van der Waals surface area contributed by atoms with Crippen LogP contribution in [-0.2, 0) is 11.2 Å². The topological polar surface area (TPSA) is 134 Å². The third kappa shape index (κ3) is 3.39. The van der Waals surface area contributed by atoms with Crippen LogP contribution in [0.1, 0.15) is 29.7 Å². The third-order valence-corrected chi connectivity index (χ3v) is 3.53. The fraction of sp³-hybridized carbons (Fsp3) is 0.429. The molecule has 0 atom stereocenters. The van der Waals surface area contributed by atoms with E-state index in [1.165, 1.54) is 11.1 Å². The first-order valence-electron chi connectivity index (χ1n) is 7.22. The number of hydrogen-bond acceptors (Lipinski definition) is 6. The number of amides is 1. The van der Waals surface area contributed by atoms with Gasteiger partial charge in [0.2, 0.25) is 5.91 Å². The molecular weight excluding hydrogens is 302 g/mol. The molecule has 4 N–H and O–H groups in total. The number of imidazole rings is 1. The molecule has 0 aliphatic heterocycles. The lowest BCUT2D eigenvalue weighted by Crippen LogP contribution is -2.33. The average molecular weight is 321 g/mol. The standard InChI is InChI=1S/C14H19N5O4/c1-2-18(7-8-20)10(21)4-3-9-17-11(14(22)23)12-13(15)16-5-6-19(9)12/h5-6,20H,2-4,7-8H2,1H3,(H2,15,16)(H,22,23). The molecule has 0 spiro atoms. The van der Waals surface area contributed by atoms with E-state index in [0.29, 0.717) is 12.4 Å². The maximum Gasteiger partial charge on any atom is 0.356 e. The molecule has 2 heterocycles. The number of fused-ring (bicyclic) bond motifs is 1. The molecule has 124 valence electrons. The van der Waals surface area contributed by atoms with E-state index in [4.69, 9.17) is 10.8 Å². The molecule has 0 unspecified atom stereocenters. The summed E-state index contributed by atoms with van der Waals surface area (Å²) in [5, 5.41) is 18.2. The second-order valence-electron chi connectivity index (χ2n) is 4.91. The predicted octanol–water partition coefficient (Wildman–Crippen LogP) is -0.217. The van der Waals surface area contributed by atoms with Crippen LogP contribution in [0.2, 0.25) is 0 Å². The van der Waals surface area contributed by atoms with Gasteiger partial charge in [0.1, 0.15) is 17.2 Å². The normalized spacial score (nSPS) is 10.9. The molecule has 1 amide bonds. The number of anilines is 1. The number of likely N-dealkylation sites (N-methyl/N-ethyl adjacent to an activating group) is 1. The van der Waals surface area contributed by atoms with Gasteiger partial charge in [0, 0.05) is 38.3 Å². The molecular formula is C14H19N5O4. The number of nitrogens with two attached hydrogens (primary N) is 1. The van der Waals surface area contributed by atoms with Crippen LogP contribution in [0.5, 0.6) is 0 Å². The molecule has 9 heteroatoms. The Labute approximate surface area is 132 Å². The number of carbonyl (C=O) groups is 2. The molecule has 0 bridgehead atoms. The number of aromatic nitrogens is 3. The molecule has 2 aromatic heterocycles. The van der Waals surface area contributed by atoms with Crippen molar-refractivity contribution in [1.29, 1.82) is 0 Å². The minimum atomic E-state index is -1.20. The predicted molar refractivity (Wildman–Crippen MR) is 82.0 cm³/mol. The van der Waals surface area contributed by atoms with Gasteiger partial charge in [0.25, 0.3) is 0 Å². The zero-order valence-corrected chi connectivity index (χ0v) is 12.8. The second-order valence-corrected chi connectivity index (χ2v) is 4.91. The number of carboxylic acid groups (broad SMARTS) is 1. The number of nitrogen functional groups attached to an aromatic ring is 1. The summed E-state index contributed by atoms with van der Waals surface area (Å²) in [5.41, 5.74) is 5.78. The van der Waals surface area contributed by atoms with E-state index in [-0.39, 0.29) is 48.9 Å². The summed E-state index contributed by atoms with van der Waals surface area (Å²) in [6, 6.07) is 0. The van der Waals surface area contributed by atoms with Crippen LogP contribution in [0.15, 0.2) is 12.4 Å². The zero-order chi connectivity index (χ0) is 17.0. The Morgan fingerprint density at radius 2 is 2.17 bits per heavy atom. The van der Waals surface area contributed by atoms with Gasteiger partial charge in [-0.2, -0.15) is 0 Å². The Hall–Kier alpha value is -2.68. The highest BCUT2D eigenvalue weighted by Gasteiger charge is 2.20. The maximum atomic E-state index is 12.1. The molecule has 0 saturated carbocycles.